The number of hydrogen-bond donors (Lipinski definition) is 1. The normalized spacial score (nSPS) is 14.9. The molecular formula is C21H21Cl2NO3. The van der Waals surface area contributed by atoms with Crippen LogP contribution in [0.3, 0.4) is 0 Å². The smallest absolute Gasteiger partial charge is 0.336 e. The van der Waals surface area contributed by atoms with Gasteiger partial charge in [0.25, 0.3) is 0 Å². The number of hydrogen-bond acceptors (Lipinski definition) is 4. The van der Waals surface area contributed by atoms with Crippen molar-refractivity contribution in [2.24, 2.45) is 0 Å². The Labute approximate surface area is 168 Å². The number of rotatable bonds is 3. The van der Waals surface area contributed by atoms with Crippen LogP contribution < -0.4 is 5.63 Å². The zero-order valence-electron chi connectivity index (χ0n) is 14.8. The fourth-order valence-electron chi connectivity index (χ4n) is 3.66. The molecule has 0 saturated carbocycles. The highest BCUT2D eigenvalue weighted by molar-refractivity contribution is 6.33. The second-order valence-electron chi connectivity index (χ2n) is 6.74. The van der Waals surface area contributed by atoms with Crippen molar-refractivity contribution in [3.63, 3.8) is 0 Å². The lowest BCUT2D eigenvalue weighted by atomic mass is 9.99. The van der Waals surface area contributed by atoms with Gasteiger partial charge >= 0.3 is 5.63 Å². The Hall–Kier alpha value is -2.01. The van der Waals surface area contributed by atoms with Crippen molar-refractivity contribution in [1.82, 2.24) is 4.90 Å². The molecule has 1 aliphatic rings. The standard InChI is InChI=1S/C21H20ClNO3.ClH/c22-18-11-16-15(14-7-3-1-4-8-14)12-19(24)26-21(16)17(20(18)25)13-23-9-5-2-6-10-23;/h1,3-4,7-8,11-12,25H,2,5-6,9-10,13H2;1H. The highest BCUT2D eigenvalue weighted by atomic mass is 35.5. The van der Waals surface area contributed by atoms with Gasteiger partial charge in [0.1, 0.15) is 11.3 Å². The summed E-state index contributed by atoms with van der Waals surface area (Å²) in [7, 11) is 0. The Morgan fingerprint density at radius 2 is 1.78 bits per heavy atom. The second kappa shape index (κ2) is 8.34. The first-order valence-electron chi connectivity index (χ1n) is 8.89. The van der Waals surface area contributed by atoms with E-state index >= 15 is 0 Å². The van der Waals surface area contributed by atoms with Crippen LogP contribution >= 0.6 is 24.0 Å². The van der Waals surface area contributed by atoms with Crippen molar-refractivity contribution in [2.45, 2.75) is 25.8 Å². The first kappa shape index (κ1) is 19.7. The molecule has 1 fully saturated rings. The number of phenolic OH excluding ortho intramolecular Hbond substituents is 1. The van der Waals surface area contributed by atoms with E-state index in [2.05, 4.69) is 4.90 Å². The van der Waals surface area contributed by atoms with E-state index in [1.807, 2.05) is 30.3 Å². The first-order valence-corrected chi connectivity index (χ1v) is 9.27. The number of benzene rings is 2. The third-order valence-electron chi connectivity index (χ3n) is 4.97. The Morgan fingerprint density at radius 1 is 1.07 bits per heavy atom. The van der Waals surface area contributed by atoms with Gasteiger partial charge in [-0.05, 0) is 43.1 Å². The summed E-state index contributed by atoms with van der Waals surface area (Å²) >= 11 is 6.32. The highest BCUT2D eigenvalue weighted by Crippen LogP contribution is 2.39. The van der Waals surface area contributed by atoms with Gasteiger partial charge in [-0.1, -0.05) is 48.4 Å². The van der Waals surface area contributed by atoms with E-state index in [-0.39, 0.29) is 23.2 Å². The summed E-state index contributed by atoms with van der Waals surface area (Å²) in [4.78, 5) is 14.5. The van der Waals surface area contributed by atoms with Gasteiger partial charge < -0.3 is 9.52 Å². The lowest BCUT2D eigenvalue weighted by Crippen LogP contribution is -2.29. The van der Waals surface area contributed by atoms with Gasteiger partial charge in [-0.3, -0.25) is 4.90 Å². The predicted octanol–water partition coefficient (Wildman–Crippen LogP) is 5.23. The number of phenols is 1. The average Bonchev–Trinajstić information content (AvgIpc) is 2.67. The molecule has 4 nitrogen and oxygen atoms in total. The summed E-state index contributed by atoms with van der Waals surface area (Å²) in [5, 5.41) is 11.6. The highest BCUT2D eigenvalue weighted by Gasteiger charge is 2.21. The fourth-order valence-corrected chi connectivity index (χ4v) is 3.88. The molecule has 6 heteroatoms. The van der Waals surface area contributed by atoms with Crippen LogP contribution in [-0.4, -0.2) is 23.1 Å². The van der Waals surface area contributed by atoms with Gasteiger partial charge in [-0.2, -0.15) is 0 Å². The van der Waals surface area contributed by atoms with E-state index in [0.29, 0.717) is 17.7 Å². The summed E-state index contributed by atoms with van der Waals surface area (Å²) in [6.07, 6.45) is 3.50. The molecule has 3 aromatic rings. The molecular weight excluding hydrogens is 385 g/mol. The molecule has 0 aliphatic carbocycles. The van der Waals surface area contributed by atoms with Crippen LogP contribution in [0.2, 0.25) is 5.02 Å². The predicted molar refractivity (Wildman–Crippen MR) is 111 cm³/mol. The van der Waals surface area contributed by atoms with E-state index in [1.54, 1.807) is 6.07 Å². The van der Waals surface area contributed by atoms with Crippen molar-refractivity contribution in [3.05, 3.63) is 63.5 Å². The number of aromatic hydroxyl groups is 1. The molecule has 0 atom stereocenters. The van der Waals surface area contributed by atoms with Gasteiger partial charge in [0.15, 0.2) is 0 Å². The Bertz CT molecular complexity index is 996. The lowest BCUT2D eigenvalue weighted by Gasteiger charge is -2.27. The number of fused-ring (bicyclic) bond motifs is 1. The minimum absolute atomic E-state index is 0. The molecule has 0 bridgehead atoms. The molecule has 1 N–H and O–H groups in total. The number of halogens is 2. The average molecular weight is 406 g/mol. The molecule has 2 heterocycles. The number of piperidine rings is 1. The Balaban J connectivity index is 0.00000210. The van der Waals surface area contributed by atoms with E-state index in [9.17, 15) is 9.90 Å². The first-order chi connectivity index (χ1) is 12.6. The van der Waals surface area contributed by atoms with Crippen molar-refractivity contribution < 1.29 is 9.52 Å². The molecule has 0 amide bonds. The molecule has 1 aliphatic heterocycles. The topological polar surface area (TPSA) is 53.7 Å². The van der Waals surface area contributed by atoms with Crippen molar-refractivity contribution in [3.8, 4) is 16.9 Å². The van der Waals surface area contributed by atoms with E-state index in [4.69, 9.17) is 16.0 Å². The van der Waals surface area contributed by atoms with Gasteiger partial charge in [0.2, 0.25) is 0 Å². The van der Waals surface area contributed by atoms with Gasteiger partial charge in [-0.15, -0.1) is 12.4 Å². The van der Waals surface area contributed by atoms with E-state index < -0.39 is 5.63 Å². The van der Waals surface area contributed by atoms with Crippen LogP contribution in [0, 0.1) is 0 Å². The molecule has 1 aromatic heterocycles. The Morgan fingerprint density at radius 3 is 2.48 bits per heavy atom. The maximum atomic E-state index is 12.2. The van der Waals surface area contributed by atoms with Crippen molar-refractivity contribution in [2.75, 3.05) is 13.1 Å². The van der Waals surface area contributed by atoms with Crippen molar-refractivity contribution >= 4 is 35.0 Å². The fraction of sp³-hybridized carbons (Fsp3) is 0.286. The zero-order chi connectivity index (χ0) is 18.1. The van der Waals surface area contributed by atoms with Gasteiger partial charge in [0, 0.05) is 18.0 Å². The van der Waals surface area contributed by atoms with Crippen LogP contribution in [0.4, 0.5) is 0 Å². The number of likely N-dealkylation sites (tertiary alicyclic amines) is 1. The summed E-state index contributed by atoms with van der Waals surface area (Å²) in [6, 6.07) is 12.8. The minimum atomic E-state index is -0.432. The maximum absolute atomic E-state index is 12.2. The minimum Gasteiger partial charge on any atom is -0.506 e. The summed E-state index contributed by atoms with van der Waals surface area (Å²) in [5.41, 5.74) is 2.25. The molecule has 1 saturated heterocycles. The Kier molecular flexibility index (Phi) is 6.10. The van der Waals surface area contributed by atoms with Crippen LogP contribution in [0.1, 0.15) is 24.8 Å². The molecule has 0 radical (unpaired) electrons. The van der Waals surface area contributed by atoms with Crippen molar-refractivity contribution in [1.29, 1.82) is 0 Å². The van der Waals surface area contributed by atoms with E-state index in [1.165, 1.54) is 12.5 Å². The van der Waals surface area contributed by atoms with E-state index in [0.717, 1.165) is 42.4 Å². The lowest BCUT2D eigenvalue weighted by molar-refractivity contribution is 0.218. The van der Waals surface area contributed by atoms with Crippen LogP contribution in [-0.2, 0) is 6.54 Å². The third kappa shape index (κ3) is 3.98. The van der Waals surface area contributed by atoms with Crippen LogP contribution in [0.25, 0.3) is 22.1 Å². The second-order valence-corrected chi connectivity index (χ2v) is 7.15. The molecule has 0 unspecified atom stereocenters. The molecule has 4 rings (SSSR count). The monoisotopic (exact) mass is 405 g/mol. The van der Waals surface area contributed by atoms with Gasteiger partial charge in [0.05, 0.1) is 10.6 Å². The quantitative estimate of drug-likeness (QED) is 0.606. The van der Waals surface area contributed by atoms with Crippen LogP contribution in [0.15, 0.2) is 51.7 Å². The molecule has 2 aromatic carbocycles. The summed E-state index contributed by atoms with van der Waals surface area (Å²) < 4.78 is 5.53. The maximum Gasteiger partial charge on any atom is 0.336 e. The summed E-state index contributed by atoms with van der Waals surface area (Å²) in [6.45, 7) is 2.45. The molecule has 27 heavy (non-hydrogen) atoms. The summed E-state index contributed by atoms with van der Waals surface area (Å²) in [5.74, 6) is -0.00176. The SMILES string of the molecule is Cl.O=c1cc(-c2ccccc2)c2cc(Cl)c(O)c(CN3CCCCC3)c2o1. The largest absolute Gasteiger partial charge is 0.506 e. The third-order valence-corrected chi connectivity index (χ3v) is 5.26. The number of nitrogens with zero attached hydrogens (tertiary/aromatic N) is 1. The molecule has 142 valence electrons. The molecule has 0 spiro atoms. The van der Waals surface area contributed by atoms with Gasteiger partial charge in [-0.25, -0.2) is 4.79 Å². The zero-order valence-corrected chi connectivity index (χ0v) is 16.4. The van der Waals surface area contributed by atoms with Crippen LogP contribution in [0.5, 0.6) is 5.75 Å².